The van der Waals surface area contributed by atoms with Gasteiger partial charge in [-0.05, 0) is 67.4 Å². The van der Waals surface area contributed by atoms with E-state index in [0.717, 1.165) is 50.0 Å². The molecule has 5 heteroatoms. The second-order valence-electron chi connectivity index (χ2n) is 13.4. The lowest BCUT2D eigenvalue weighted by Gasteiger charge is -2.12. The van der Waals surface area contributed by atoms with Crippen molar-refractivity contribution in [3.63, 3.8) is 0 Å². The SMILES string of the molecule is C/C(=N\C(=N/[C@@H](C)c1ccc2c(c1)sc1ccccc12)c1cccc2oc3cc(-n4c5ccccc5c5ccccc54)ccc3c12)c1ccccc1. The molecule has 0 unspecified atom stereocenters. The third-order valence-electron chi connectivity index (χ3n) is 10.2. The van der Waals surface area contributed by atoms with Gasteiger partial charge in [0.15, 0.2) is 5.84 Å². The van der Waals surface area contributed by atoms with Crippen molar-refractivity contribution in [3.05, 3.63) is 174 Å². The summed E-state index contributed by atoms with van der Waals surface area (Å²) in [4.78, 5) is 10.7. The van der Waals surface area contributed by atoms with Crippen LogP contribution in [0.1, 0.15) is 36.6 Å². The first-order valence-electron chi connectivity index (χ1n) is 17.6. The molecular weight excluding hydrogens is 655 g/mol. The summed E-state index contributed by atoms with van der Waals surface area (Å²) in [7, 11) is 0. The van der Waals surface area contributed by atoms with Crippen LogP contribution in [0, 0.1) is 0 Å². The third-order valence-corrected chi connectivity index (χ3v) is 11.4. The first-order valence-corrected chi connectivity index (χ1v) is 18.5. The Morgan fingerprint density at radius 2 is 1.27 bits per heavy atom. The maximum absolute atomic E-state index is 6.65. The Morgan fingerprint density at radius 3 is 2.06 bits per heavy atom. The van der Waals surface area contributed by atoms with Gasteiger partial charge in [0.25, 0.3) is 0 Å². The Bertz CT molecular complexity index is 3000. The molecule has 7 aromatic carbocycles. The number of furan rings is 1. The highest BCUT2D eigenvalue weighted by atomic mass is 32.1. The van der Waals surface area contributed by atoms with Crippen molar-refractivity contribution in [1.82, 2.24) is 4.57 Å². The highest BCUT2D eigenvalue weighted by Crippen LogP contribution is 2.38. The second kappa shape index (κ2) is 12.2. The van der Waals surface area contributed by atoms with Crippen molar-refractivity contribution in [1.29, 1.82) is 0 Å². The zero-order chi connectivity index (χ0) is 34.8. The Balaban J connectivity index is 1.14. The first kappa shape index (κ1) is 30.5. The molecule has 0 saturated heterocycles. The van der Waals surface area contributed by atoms with E-state index in [1.165, 1.54) is 42.0 Å². The number of fused-ring (bicyclic) bond motifs is 9. The van der Waals surface area contributed by atoms with Gasteiger partial charge in [0.1, 0.15) is 11.2 Å². The van der Waals surface area contributed by atoms with Gasteiger partial charge in [-0.1, -0.05) is 109 Å². The molecule has 0 N–H and O–H groups in total. The largest absolute Gasteiger partial charge is 0.456 e. The summed E-state index contributed by atoms with van der Waals surface area (Å²) in [6.07, 6.45) is 0. The van der Waals surface area contributed by atoms with Crippen molar-refractivity contribution in [3.8, 4) is 5.69 Å². The summed E-state index contributed by atoms with van der Waals surface area (Å²) in [5.41, 5.74) is 9.11. The molecule has 10 rings (SSSR count). The predicted molar refractivity (Wildman–Crippen MR) is 221 cm³/mol. The molecule has 0 radical (unpaired) electrons. The van der Waals surface area contributed by atoms with Crippen molar-refractivity contribution in [2.75, 3.05) is 0 Å². The van der Waals surface area contributed by atoms with Crippen LogP contribution in [0.15, 0.2) is 172 Å². The van der Waals surface area contributed by atoms with Crippen molar-refractivity contribution in [2.24, 2.45) is 9.98 Å². The lowest BCUT2D eigenvalue weighted by molar-refractivity contribution is 0.668. The molecule has 0 aliphatic carbocycles. The molecule has 0 aliphatic heterocycles. The molecule has 4 nitrogen and oxygen atoms in total. The first-order chi connectivity index (χ1) is 25.6. The number of benzene rings is 7. The molecule has 1 atom stereocenters. The average Bonchev–Trinajstić information content (AvgIpc) is 3.86. The Kier molecular flexibility index (Phi) is 7.15. The smallest absolute Gasteiger partial charge is 0.156 e. The maximum Gasteiger partial charge on any atom is 0.156 e. The highest BCUT2D eigenvalue weighted by molar-refractivity contribution is 7.25. The maximum atomic E-state index is 6.65. The molecule has 0 spiro atoms. The molecule has 52 heavy (non-hydrogen) atoms. The molecule has 0 saturated carbocycles. The molecule has 0 aliphatic rings. The van der Waals surface area contributed by atoms with Crippen LogP contribution in [-0.2, 0) is 0 Å². The number of aromatic nitrogens is 1. The lowest BCUT2D eigenvalue weighted by Crippen LogP contribution is -2.06. The Morgan fingerprint density at radius 1 is 0.596 bits per heavy atom. The standard InChI is InChI=1S/C47H33N3OS/c1-29(31-13-4-3-5-14-31)48-47(49-30(2)32-23-25-37-36-17-8-11-22-44(36)52-45(37)27-32)39-18-12-21-42-46(39)38-26-24-33(28-43(38)51-42)50-40-19-9-6-15-34(40)35-16-7-10-20-41(35)50/h3-28,30H,1-2H3/b48-29+,49-47-/t30-/m0/s1. The number of hydrogen-bond donors (Lipinski definition) is 0. The fourth-order valence-electron chi connectivity index (χ4n) is 7.66. The van der Waals surface area contributed by atoms with Crippen LogP contribution in [0.4, 0.5) is 0 Å². The van der Waals surface area contributed by atoms with E-state index < -0.39 is 0 Å². The van der Waals surface area contributed by atoms with Crippen LogP contribution >= 0.6 is 11.3 Å². The van der Waals surface area contributed by atoms with Crippen LogP contribution in [0.5, 0.6) is 0 Å². The number of nitrogens with zero attached hydrogens (tertiary/aromatic N) is 3. The molecule has 0 fully saturated rings. The van der Waals surface area contributed by atoms with E-state index in [9.17, 15) is 0 Å². The van der Waals surface area contributed by atoms with E-state index in [-0.39, 0.29) is 6.04 Å². The summed E-state index contributed by atoms with van der Waals surface area (Å²) in [6.45, 7) is 4.22. The Hall–Kier alpha value is -6.30. The molecule has 3 heterocycles. The second-order valence-corrected chi connectivity index (χ2v) is 14.5. The van der Waals surface area contributed by atoms with Crippen molar-refractivity contribution in [2.45, 2.75) is 19.9 Å². The molecule has 0 bridgehead atoms. The van der Waals surface area contributed by atoms with E-state index in [0.29, 0.717) is 5.84 Å². The van der Waals surface area contributed by atoms with Gasteiger partial charge >= 0.3 is 0 Å². The zero-order valence-corrected chi connectivity index (χ0v) is 29.6. The molecule has 0 amide bonds. The van der Waals surface area contributed by atoms with Gasteiger partial charge in [-0.3, -0.25) is 4.99 Å². The van der Waals surface area contributed by atoms with Gasteiger partial charge in [0, 0.05) is 64.7 Å². The lowest BCUT2D eigenvalue weighted by atomic mass is 10.0. The minimum atomic E-state index is -0.132. The molecule has 3 aromatic heterocycles. The van der Waals surface area contributed by atoms with Gasteiger partial charge < -0.3 is 8.98 Å². The average molecular weight is 688 g/mol. The van der Waals surface area contributed by atoms with E-state index in [1.807, 2.05) is 41.7 Å². The van der Waals surface area contributed by atoms with Crippen LogP contribution in [0.25, 0.3) is 69.6 Å². The topological polar surface area (TPSA) is 42.8 Å². The van der Waals surface area contributed by atoms with E-state index in [4.69, 9.17) is 14.4 Å². The van der Waals surface area contributed by atoms with Gasteiger partial charge in [-0.2, -0.15) is 0 Å². The number of rotatable bonds is 5. The van der Waals surface area contributed by atoms with Crippen LogP contribution in [0.3, 0.4) is 0 Å². The van der Waals surface area contributed by atoms with E-state index in [1.54, 1.807) is 0 Å². The number of amidine groups is 1. The quantitative estimate of drug-likeness (QED) is 0.131. The summed E-state index contributed by atoms with van der Waals surface area (Å²) in [6, 6.07) is 55.5. The number of para-hydroxylation sites is 2. The van der Waals surface area contributed by atoms with Gasteiger partial charge in [0.05, 0.1) is 17.1 Å². The fourth-order valence-corrected chi connectivity index (χ4v) is 8.82. The summed E-state index contributed by atoms with van der Waals surface area (Å²) in [5, 5.41) is 7.11. The normalized spacial score (nSPS) is 13.3. The number of hydrogen-bond acceptors (Lipinski definition) is 3. The molecular formula is C47H33N3OS. The minimum Gasteiger partial charge on any atom is -0.456 e. The molecule has 10 aromatic rings. The predicted octanol–water partition coefficient (Wildman–Crippen LogP) is 13.1. The van der Waals surface area contributed by atoms with E-state index in [2.05, 4.69) is 146 Å². The number of thiophene rings is 1. The van der Waals surface area contributed by atoms with Crippen molar-refractivity contribution < 1.29 is 4.42 Å². The van der Waals surface area contributed by atoms with Crippen molar-refractivity contribution >= 4 is 86.8 Å². The van der Waals surface area contributed by atoms with E-state index >= 15 is 0 Å². The minimum absolute atomic E-state index is 0.132. The fraction of sp³-hybridized carbons (Fsp3) is 0.0638. The highest BCUT2D eigenvalue weighted by Gasteiger charge is 2.19. The van der Waals surface area contributed by atoms with Gasteiger partial charge in [-0.25, -0.2) is 4.99 Å². The van der Waals surface area contributed by atoms with Crippen LogP contribution in [0.2, 0.25) is 0 Å². The number of aliphatic imine (C=N–C) groups is 2. The third kappa shape index (κ3) is 4.96. The summed E-state index contributed by atoms with van der Waals surface area (Å²) < 4.78 is 11.5. The molecule has 248 valence electrons. The monoisotopic (exact) mass is 687 g/mol. The zero-order valence-electron chi connectivity index (χ0n) is 28.7. The van der Waals surface area contributed by atoms with Crippen LogP contribution < -0.4 is 0 Å². The summed E-state index contributed by atoms with van der Waals surface area (Å²) in [5.74, 6) is 0.685. The van der Waals surface area contributed by atoms with Crippen LogP contribution in [-0.4, -0.2) is 16.1 Å². The van der Waals surface area contributed by atoms with Gasteiger partial charge in [0.2, 0.25) is 0 Å². The summed E-state index contributed by atoms with van der Waals surface area (Å²) >= 11 is 1.83. The van der Waals surface area contributed by atoms with Gasteiger partial charge in [-0.15, -0.1) is 11.3 Å². The Labute approximate surface area is 304 Å².